The zero-order valence-electron chi connectivity index (χ0n) is 11.9. The number of carboxylic acids is 1. The van der Waals surface area contributed by atoms with Crippen molar-refractivity contribution < 1.29 is 14.6 Å². The average molecular weight is 296 g/mol. The standard InChI is InChI=1S/C16H24O3S/c1-2-3-10-19-12-14-11-15(20-13-14)8-6-4-5-7-9-16(17)18/h2,4,6-7,9,14-15H,1,3,5,8,10-13H2,(H,17,18)/t14-,15?/m0/s1. The molecule has 1 rings (SSSR count). The molecule has 1 aliphatic rings. The monoisotopic (exact) mass is 296 g/mol. The number of allylic oxidation sites excluding steroid dienone is 3. The highest BCUT2D eigenvalue weighted by Crippen LogP contribution is 2.33. The molecule has 1 N–H and O–H groups in total. The van der Waals surface area contributed by atoms with Gasteiger partial charge in [-0.2, -0.15) is 11.8 Å². The molecule has 0 saturated carbocycles. The number of hydrogen-bond acceptors (Lipinski definition) is 3. The number of ether oxygens (including phenoxy) is 1. The maximum Gasteiger partial charge on any atom is 0.327 e. The minimum Gasteiger partial charge on any atom is -0.478 e. The van der Waals surface area contributed by atoms with Crippen LogP contribution >= 0.6 is 11.8 Å². The molecule has 112 valence electrons. The molecule has 1 saturated heterocycles. The predicted octanol–water partition coefficient (Wildman–Crippen LogP) is 3.68. The maximum absolute atomic E-state index is 10.3. The molecule has 1 unspecified atom stereocenters. The summed E-state index contributed by atoms with van der Waals surface area (Å²) < 4.78 is 5.62. The number of carbonyl (C=O) groups is 1. The van der Waals surface area contributed by atoms with Crippen LogP contribution in [0.1, 0.15) is 25.7 Å². The molecule has 1 aliphatic heterocycles. The van der Waals surface area contributed by atoms with Gasteiger partial charge >= 0.3 is 5.97 Å². The lowest BCUT2D eigenvalue weighted by Gasteiger charge is -2.09. The largest absolute Gasteiger partial charge is 0.478 e. The molecule has 0 amide bonds. The molecule has 20 heavy (non-hydrogen) atoms. The van der Waals surface area contributed by atoms with E-state index in [0.717, 1.165) is 26.1 Å². The summed E-state index contributed by atoms with van der Waals surface area (Å²) in [6, 6.07) is 0. The molecule has 0 radical (unpaired) electrons. The van der Waals surface area contributed by atoms with Gasteiger partial charge in [-0.25, -0.2) is 4.79 Å². The summed E-state index contributed by atoms with van der Waals surface area (Å²) in [5.41, 5.74) is 0. The van der Waals surface area contributed by atoms with Crippen LogP contribution in [0.2, 0.25) is 0 Å². The van der Waals surface area contributed by atoms with Crippen molar-refractivity contribution in [3.8, 4) is 0 Å². The van der Waals surface area contributed by atoms with E-state index < -0.39 is 5.97 Å². The Hall–Kier alpha value is -1.00. The van der Waals surface area contributed by atoms with Crippen molar-refractivity contribution in [1.82, 2.24) is 0 Å². The third kappa shape index (κ3) is 8.23. The molecule has 2 atom stereocenters. The Balaban J connectivity index is 2.07. The van der Waals surface area contributed by atoms with Crippen molar-refractivity contribution in [2.45, 2.75) is 30.9 Å². The Kier molecular flexibility index (Phi) is 9.16. The van der Waals surface area contributed by atoms with E-state index in [0.29, 0.717) is 17.6 Å². The van der Waals surface area contributed by atoms with Gasteiger partial charge in [-0.15, -0.1) is 6.58 Å². The quantitative estimate of drug-likeness (QED) is 0.379. The van der Waals surface area contributed by atoms with Crippen molar-refractivity contribution >= 4 is 17.7 Å². The van der Waals surface area contributed by atoms with Crippen LogP contribution in [0.4, 0.5) is 0 Å². The van der Waals surface area contributed by atoms with Crippen LogP contribution in [-0.2, 0) is 9.53 Å². The molecule has 0 spiro atoms. The van der Waals surface area contributed by atoms with Crippen LogP contribution in [0.25, 0.3) is 0 Å². The Morgan fingerprint density at radius 3 is 3.00 bits per heavy atom. The van der Waals surface area contributed by atoms with Gasteiger partial charge in [-0.3, -0.25) is 0 Å². The van der Waals surface area contributed by atoms with Gasteiger partial charge in [0.15, 0.2) is 0 Å². The van der Waals surface area contributed by atoms with E-state index in [1.807, 2.05) is 23.9 Å². The normalized spacial score (nSPS) is 22.8. The number of carboxylic acid groups (broad SMARTS) is 1. The average Bonchev–Trinajstić information content (AvgIpc) is 2.86. The molecule has 0 aromatic carbocycles. The first-order valence-electron chi connectivity index (χ1n) is 7.07. The van der Waals surface area contributed by atoms with Gasteiger partial charge in [0.2, 0.25) is 0 Å². The molecular weight excluding hydrogens is 272 g/mol. The Bertz CT molecular complexity index is 350. The summed E-state index contributed by atoms with van der Waals surface area (Å²) >= 11 is 2.02. The van der Waals surface area contributed by atoms with Crippen LogP contribution in [0, 0.1) is 5.92 Å². The molecule has 0 aliphatic carbocycles. The first-order chi connectivity index (χ1) is 9.72. The van der Waals surface area contributed by atoms with Crippen molar-refractivity contribution in [2.24, 2.45) is 5.92 Å². The lowest BCUT2D eigenvalue weighted by atomic mass is 10.0. The second kappa shape index (κ2) is 10.7. The summed E-state index contributed by atoms with van der Waals surface area (Å²) in [4.78, 5) is 10.3. The van der Waals surface area contributed by atoms with E-state index >= 15 is 0 Å². The highest BCUT2D eigenvalue weighted by Gasteiger charge is 2.24. The highest BCUT2D eigenvalue weighted by atomic mass is 32.2. The molecule has 3 nitrogen and oxygen atoms in total. The van der Waals surface area contributed by atoms with Crippen LogP contribution in [0.15, 0.2) is 37.0 Å². The predicted molar refractivity (Wildman–Crippen MR) is 85.1 cm³/mol. The third-order valence-corrected chi connectivity index (χ3v) is 4.60. The topological polar surface area (TPSA) is 46.5 Å². The molecule has 0 aromatic rings. The first kappa shape index (κ1) is 17.1. The van der Waals surface area contributed by atoms with E-state index in [-0.39, 0.29) is 0 Å². The number of thioether (sulfide) groups is 1. The van der Waals surface area contributed by atoms with Crippen LogP contribution < -0.4 is 0 Å². The van der Waals surface area contributed by atoms with E-state index in [1.165, 1.54) is 18.2 Å². The molecular formula is C16H24O3S. The van der Waals surface area contributed by atoms with Crippen LogP contribution in [-0.4, -0.2) is 35.3 Å². The first-order valence-corrected chi connectivity index (χ1v) is 8.12. The van der Waals surface area contributed by atoms with E-state index in [9.17, 15) is 4.79 Å². The van der Waals surface area contributed by atoms with E-state index in [1.54, 1.807) is 6.08 Å². The fourth-order valence-electron chi connectivity index (χ4n) is 2.07. The van der Waals surface area contributed by atoms with Crippen molar-refractivity contribution in [3.05, 3.63) is 37.0 Å². The van der Waals surface area contributed by atoms with E-state index in [2.05, 4.69) is 12.7 Å². The molecule has 0 aromatic heterocycles. The zero-order valence-corrected chi connectivity index (χ0v) is 12.7. The summed E-state index contributed by atoms with van der Waals surface area (Å²) in [6.45, 7) is 5.32. The Morgan fingerprint density at radius 1 is 1.40 bits per heavy atom. The zero-order chi connectivity index (χ0) is 14.6. The van der Waals surface area contributed by atoms with Gasteiger partial charge in [0.1, 0.15) is 0 Å². The highest BCUT2D eigenvalue weighted by molar-refractivity contribution is 8.00. The summed E-state index contributed by atoms with van der Waals surface area (Å²) in [5.74, 6) is 0.977. The summed E-state index contributed by atoms with van der Waals surface area (Å²) in [6.07, 6.45) is 12.8. The Morgan fingerprint density at radius 2 is 2.25 bits per heavy atom. The smallest absolute Gasteiger partial charge is 0.327 e. The SMILES string of the molecule is C=CCCOC[C@H]1CSC(CC=CCC=CC(=O)O)C1. The van der Waals surface area contributed by atoms with Gasteiger partial charge < -0.3 is 9.84 Å². The van der Waals surface area contributed by atoms with Crippen molar-refractivity contribution in [3.63, 3.8) is 0 Å². The Labute approximate surface area is 125 Å². The van der Waals surface area contributed by atoms with Gasteiger partial charge in [0.05, 0.1) is 13.2 Å². The number of aliphatic carboxylic acids is 1. The second-order valence-corrected chi connectivity index (χ2v) is 6.23. The fourth-order valence-corrected chi connectivity index (χ4v) is 3.50. The van der Waals surface area contributed by atoms with E-state index in [4.69, 9.17) is 9.84 Å². The van der Waals surface area contributed by atoms with Gasteiger partial charge in [0.25, 0.3) is 0 Å². The molecule has 4 heteroatoms. The molecule has 0 bridgehead atoms. The summed E-state index contributed by atoms with van der Waals surface area (Å²) in [7, 11) is 0. The minimum atomic E-state index is -0.885. The van der Waals surface area contributed by atoms with Crippen molar-refractivity contribution in [2.75, 3.05) is 19.0 Å². The fraction of sp³-hybridized carbons (Fsp3) is 0.562. The maximum atomic E-state index is 10.3. The van der Waals surface area contributed by atoms with Gasteiger partial charge in [-0.05, 0) is 37.4 Å². The second-order valence-electron chi connectivity index (χ2n) is 4.89. The number of rotatable bonds is 10. The minimum absolute atomic E-state index is 0.676. The number of hydrogen-bond donors (Lipinski definition) is 1. The molecule has 1 heterocycles. The lowest BCUT2D eigenvalue weighted by Crippen LogP contribution is -2.10. The van der Waals surface area contributed by atoms with Gasteiger partial charge in [0, 0.05) is 11.3 Å². The van der Waals surface area contributed by atoms with Crippen LogP contribution in [0.3, 0.4) is 0 Å². The molecule has 1 fully saturated rings. The summed E-state index contributed by atoms with van der Waals surface area (Å²) in [5, 5.41) is 9.13. The lowest BCUT2D eigenvalue weighted by molar-refractivity contribution is -0.131. The van der Waals surface area contributed by atoms with Gasteiger partial charge in [-0.1, -0.05) is 24.3 Å². The van der Waals surface area contributed by atoms with Crippen molar-refractivity contribution in [1.29, 1.82) is 0 Å². The third-order valence-electron chi connectivity index (χ3n) is 3.08. The van der Waals surface area contributed by atoms with Crippen LogP contribution in [0.5, 0.6) is 0 Å².